The molecule has 1 amide bonds. The second-order valence-electron chi connectivity index (χ2n) is 5.54. The van der Waals surface area contributed by atoms with E-state index >= 15 is 0 Å². The van der Waals surface area contributed by atoms with E-state index in [1.54, 1.807) is 6.92 Å². The van der Waals surface area contributed by atoms with Crippen molar-refractivity contribution in [2.75, 3.05) is 25.1 Å². The number of para-hydroxylation sites is 1. The van der Waals surface area contributed by atoms with Crippen LogP contribution in [0.2, 0.25) is 0 Å². The van der Waals surface area contributed by atoms with E-state index in [4.69, 9.17) is 9.47 Å². The fraction of sp³-hybridized carbons (Fsp3) is 0.588. The van der Waals surface area contributed by atoms with Crippen LogP contribution in [0.15, 0.2) is 24.3 Å². The predicted molar refractivity (Wildman–Crippen MR) is 94.1 cm³/mol. The summed E-state index contributed by atoms with van der Waals surface area (Å²) in [5.74, 6) is -0.123. The van der Waals surface area contributed by atoms with Crippen molar-refractivity contribution in [3.8, 4) is 0 Å². The van der Waals surface area contributed by atoms with Crippen LogP contribution in [0.1, 0.15) is 32.3 Å². The highest BCUT2D eigenvalue weighted by atomic mass is 35.5. The van der Waals surface area contributed by atoms with Crippen LogP contribution in [-0.4, -0.2) is 37.9 Å². The summed E-state index contributed by atoms with van der Waals surface area (Å²) in [6.07, 6.45) is 1.74. The van der Waals surface area contributed by atoms with Crippen molar-refractivity contribution < 1.29 is 14.3 Å². The molecule has 0 spiro atoms. The van der Waals surface area contributed by atoms with Gasteiger partial charge in [-0.2, -0.15) is 0 Å². The Bertz CT molecular complexity index is 479. The summed E-state index contributed by atoms with van der Waals surface area (Å²) in [4.78, 5) is 12.2. The van der Waals surface area contributed by atoms with Crippen molar-refractivity contribution in [3.63, 3.8) is 0 Å². The van der Waals surface area contributed by atoms with Gasteiger partial charge in [-0.05, 0) is 37.9 Å². The van der Waals surface area contributed by atoms with Gasteiger partial charge in [0.05, 0.1) is 12.7 Å². The average molecular weight is 343 g/mol. The number of carbonyl (C=O) groups excluding carboxylic acids is 1. The number of hydrogen-bond acceptors (Lipinski definition) is 4. The molecule has 1 aliphatic rings. The Kier molecular flexibility index (Phi) is 9.17. The van der Waals surface area contributed by atoms with E-state index in [2.05, 4.69) is 17.6 Å². The molecule has 2 unspecified atom stereocenters. The molecule has 0 saturated carbocycles. The Hall–Kier alpha value is -1.14. The summed E-state index contributed by atoms with van der Waals surface area (Å²) >= 11 is 0. The number of rotatable bonds is 8. The first-order valence-corrected chi connectivity index (χ1v) is 8.03. The van der Waals surface area contributed by atoms with Crippen molar-refractivity contribution >= 4 is 24.0 Å². The van der Waals surface area contributed by atoms with Crippen LogP contribution in [-0.2, 0) is 20.8 Å². The van der Waals surface area contributed by atoms with E-state index in [9.17, 15) is 4.79 Å². The van der Waals surface area contributed by atoms with Gasteiger partial charge >= 0.3 is 0 Å². The first-order chi connectivity index (χ1) is 10.7. The van der Waals surface area contributed by atoms with E-state index in [-0.39, 0.29) is 24.4 Å². The second kappa shape index (κ2) is 10.6. The molecule has 1 fully saturated rings. The summed E-state index contributed by atoms with van der Waals surface area (Å²) in [6, 6.07) is 7.82. The molecule has 0 bridgehead atoms. The molecule has 5 nitrogen and oxygen atoms in total. The largest absolute Gasteiger partial charge is 0.376 e. The van der Waals surface area contributed by atoms with Crippen LogP contribution in [0.4, 0.5) is 5.69 Å². The molecule has 1 aromatic rings. The fourth-order valence-electron chi connectivity index (χ4n) is 2.39. The lowest BCUT2D eigenvalue weighted by Crippen LogP contribution is -2.31. The van der Waals surface area contributed by atoms with E-state index in [0.29, 0.717) is 6.61 Å². The molecule has 0 aromatic heterocycles. The minimum atomic E-state index is -0.489. The maximum absolute atomic E-state index is 12.2. The first-order valence-electron chi connectivity index (χ1n) is 8.03. The van der Waals surface area contributed by atoms with Gasteiger partial charge in [0.2, 0.25) is 0 Å². The van der Waals surface area contributed by atoms with Crippen LogP contribution >= 0.6 is 12.4 Å². The highest BCUT2D eigenvalue weighted by Crippen LogP contribution is 2.16. The lowest BCUT2D eigenvalue weighted by molar-refractivity contribution is -0.128. The molecule has 1 aliphatic heterocycles. The molecule has 2 N–H and O–H groups in total. The van der Waals surface area contributed by atoms with Gasteiger partial charge in [0.15, 0.2) is 0 Å². The number of carbonyl (C=O) groups is 1. The predicted octanol–water partition coefficient (Wildman–Crippen LogP) is 2.74. The Balaban J connectivity index is 0.00000264. The SMILES string of the molecule is CCNCc1ccccc1NC(=O)C(C)OCC1CCCO1.Cl. The average Bonchev–Trinajstić information content (AvgIpc) is 3.05. The van der Waals surface area contributed by atoms with E-state index in [0.717, 1.165) is 43.8 Å². The van der Waals surface area contributed by atoms with Crippen LogP contribution in [0, 0.1) is 0 Å². The van der Waals surface area contributed by atoms with Crippen LogP contribution in [0.5, 0.6) is 0 Å². The molecule has 0 aliphatic carbocycles. The van der Waals surface area contributed by atoms with Gasteiger partial charge in [-0.1, -0.05) is 25.1 Å². The zero-order valence-corrected chi connectivity index (χ0v) is 14.7. The van der Waals surface area contributed by atoms with Crippen LogP contribution in [0.3, 0.4) is 0 Å². The van der Waals surface area contributed by atoms with Gasteiger partial charge < -0.3 is 20.1 Å². The number of ether oxygens (including phenoxy) is 2. The molecular weight excluding hydrogens is 316 g/mol. The third kappa shape index (κ3) is 6.47. The third-order valence-electron chi connectivity index (χ3n) is 3.77. The summed E-state index contributed by atoms with van der Waals surface area (Å²) < 4.78 is 11.1. The molecule has 1 saturated heterocycles. The summed E-state index contributed by atoms with van der Waals surface area (Å²) in [7, 11) is 0. The molecule has 2 rings (SSSR count). The topological polar surface area (TPSA) is 59.6 Å². The summed E-state index contributed by atoms with van der Waals surface area (Å²) in [5, 5.41) is 6.22. The number of benzene rings is 1. The number of amides is 1. The Morgan fingerprint density at radius 1 is 1.43 bits per heavy atom. The van der Waals surface area contributed by atoms with Crippen molar-refractivity contribution in [3.05, 3.63) is 29.8 Å². The van der Waals surface area contributed by atoms with Crippen molar-refractivity contribution in [2.45, 2.75) is 45.4 Å². The van der Waals surface area contributed by atoms with Gasteiger partial charge in [0.1, 0.15) is 6.10 Å². The van der Waals surface area contributed by atoms with E-state index in [1.165, 1.54) is 0 Å². The van der Waals surface area contributed by atoms with Gasteiger partial charge in [0.25, 0.3) is 5.91 Å². The van der Waals surface area contributed by atoms with E-state index in [1.807, 2.05) is 24.3 Å². The quantitative estimate of drug-likeness (QED) is 0.762. The Morgan fingerprint density at radius 3 is 2.91 bits per heavy atom. The first kappa shape index (κ1) is 19.9. The summed E-state index contributed by atoms with van der Waals surface area (Å²) in [5.41, 5.74) is 1.91. The zero-order valence-electron chi connectivity index (χ0n) is 13.8. The Labute approximate surface area is 144 Å². The second-order valence-corrected chi connectivity index (χ2v) is 5.54. The minimum Gasteiger partial charge on any atom is -0.376 e. The minimum absolute atomic E-state index is 0. The molecule has 130 valence electrons. The normalized spacial score (nSPS) is 18.3. The lowest BCUT2D eigenvalue weighted by atomic mass is 10.1. The fourth-order valence-corrected chi connectivity index (χ4v) is 2.39. The highest BCUT2D eigenvalue weighted by Gasteiger charge is 2.20. The van der Waals surface area contributed by atoms with Gasteiger partial charge in [-0.3, -0.25) is 4.79 Å². The molecule has 6 heteroatoms. The standard InChI is InChI=1S/C17H26N2O3.ClH/c1-3-18-11-14-7-4-5-9-16(14)19-17(20)13(2)22-12-15-8-6-10-21-15;/h4-5,7,9,13,15,18H,3,6,8,10-12H2,1-2H3,(H,19,20);1H. The third-order valence-corrected chi connectivity index (χ3v) is 3.77. The smallest absolute Gasteiger partial charge is 0.253 e. The van der Waals surface area contributed by atoms with Gasteiger partial charge in [-0.25, -0.2) is 0 Å². The van der Waals surface area contributed by atoms with Crippen LogP contribution < -0.4 is 10.6 Å². The van der Waals surface area contributed by atoms with Crippen molar-refractivity contribution in [2.24, 2.45) is 0 Å². The zero-order chi connectivity index (χ0) is 15.8. The summed E-state index contributed by atoms with van der Waals surface area (Å²) in [6.45, 7) is 6.74. The molecule has 2 atom stereocenters. The number of hydrogen-bond donors (Lipinski definition) is 2. The molecule has 1 heterocycles. The Morgan fingerprint density at radius 2 is 2.22 bits per heavy atom. The number of nitrogens with one attached hydrogen (secondary N) is 2. The van der Waals surface area contributed by atoms with Gasteiger partial charge in [0, 0.05) is 18.8 Å². The van der Waals surface area contributed by atoms with Crippen molar-refractivity contribution in [1.82, 2.24) is 5.32 Å². The van der Waals surface area contributed by atoms with E-state index < -0.39 is 6.10 Å². The molecular formula is C17H27ClN2O3. The maximum Gasteiger partial charge on any atom is 0.253 e. The van der Waals surface area contributed by atoms with Crippen LogP contribution in [0.25, 0.3) is 0 Å². The lowest BCUT2D eigenvalue weighted by Gasteiger charge is -2.17. The number of anilines is 1. The van der Waals surface area contributed by atoms with Gasteiger partial charge in [-0.15, -0.1) is 12.4 Å². The molecule has 1 aromatic carbocycles. The monoisotopic (exact) mass is 342 g/mol. The van der Waals surface area contributed by atoms with Crippen molar-refractivity contribution in [1.29, 1.82) is 0 Å². The highest BCUT2D eigenvalue weighted by molar-refractivity contribution is 5.94. The maximum atomic E-state index is 12.2. The molecule has 23 heavy (non-hydrogen) atoms. The molecule has 0 radical (unpaired) electrons. The number of halogens is 1.